The smallest absolute Gasteiger partial charge is 0.295 e. The van der Waals surface area contributed by atoms with Gasteiger partial charge in [-0.1, -0.05) is 0 Å². The van der Waals surface area contributed by atoms with E-state index in [0.29, 0.717) is 19.5 Å². The van der Waals surface area contributed by atoms with E-state index in [1.807, 2.05) is 0 Å². The lowest BCUT2D eigenvalue weighted by Gasteiger charge is -2.20. The Morgan fingerprint density at radius 3 is 2.64 bits per heavy atom. The van der Waals surface area contributed by atoms with Gasteiger partial charge in [0.05, 0.1) is 0 Å². The maximum Gasteiger partial charge on any atom is 0.295 e. The van der Waals surface area contributed by atoms with Crippen molar-refractivity contribution in [1.82, 2.24) is 5.32 Å². The molecular weight excluding hydrogens is 190 g/mol. The molecule has 0 spiro atoms. The molecule has 0 saturated heterocycles. The van der Waals surface area contributed by atoms with Crippen LogP contribution in [0, 0.1) is 10.1 Å². The van der Waals surface area contributed by atoms with Crippen molar-refractivity contribution in [3.8, 4) is 0 Å². The van der Waals surface area contributed by atoms with Crippen LogP contribution in [0.4, 0.5) is 0 Å². The van der Waals surface area contributed by atoms with E-state index >= 15 is 0 Å². The Kier molecular flexibility index (Phi) is 4.85. The van der Waals surface area contributed by atoms with Crippen LogP contribution in [0.25, 0.3) is 0 Å². The monoisotopic (exact) mass is 205 g/mol. The van der Waals surface area contributed by atoms with Gasteiger partial charge in [-0.3, -0.25) is 9.63 Å². The molecule has 0 aliphatic carbocycles. The van der Waals surface area contributed by atoms with Gasteiger partial charge in [0.1, 0.15) is 0 Å². The molecule has 0 radical (unpaired) electrons. The molecule has 7 nitrogen and oxygen atoms in total. The van der Waals surface area contributed by atoms with E-state index in [-0.39, 0.29) is 0 Å². The lowest BCUT2D eigenvalue weighted by atomic mass is 10.1. The first-order valence-electron chi connectivity index (χ1n) is 4.22. The Bertz CT molecular complexity index is 217. The third kappa shape index (κ3) is 4.61. The quantitative estimate of drug-likeness (QED) is 0.343. The summed E-state index contributed by atoms with van der Waals surface area (Å²) in [5, 5.41) is 11.5. The second-order valence-corrected chi connectivity index (χ2v) is 3.22. The van der Waals surface area contributed by atoms with E-state index in [9.17, 15) is 14.9 Å². The largest absolute Gasteiger partial charge is 0.354 e. The molecular formula is C7H15N3O4. The zero-order chi connectivity index (χ0) is 11.2. The summed E-state index contributed by atoms with van der Waals surface area (Å²) in [5.41, 5.74) is 3.75. The number of carbonyl (C=O) groups is 1. The molecule has 14 heavy (non-hydrogen) atoms. The highest BCUT2D eigenvalue weighted by atomic mass is 17.0. The lowest BCUT2D eigenvalue weighted by molar-refractivity contribution is -0.774. The summed E-state index contributed by atoms with van der Waals surface area (Å²) < 4.78 is 0. The first kappa shape index (κ1) is 12.6. The molecule has 1 amide bonds. The van der Waals surface area contributed by atoms with Crippen LogP contribution < -0.4 is 11.1 Å². The zero-order valence-corrected chi connectivity index (χ0v) is 8.28. The molecule has 0 rings (SSSR count). The summed E-state index contributed by atoms with van der Waals surface area (Å²) >= 11 is 0. The van der Waals surface area contributed by atoms with E-state index in [4.69, 9.17) is 5.73 Å². The van der Waals surface area contributed by atoms with E-state index < -0.39 is 16.6 Å². The second kappa shape index (κ2) is 5.38. The van der Waals surface area contributed by atoms with Crippen LogP contribution in [0.2, 0.25) is 0 Å². The molecule has 0 fully saturated rings. The third-order valence-electron chi connectivity index (χ3n) is 1.52. The number of hydrogen-bond acceptors (Lipinski definition) is 5. The summed E-state index contributed by atoms with van der Waals surface area (Å²) in [6.45, 7) is 3.50. The van der Waals surface area contributed by atoms with E-state index in [1.54, 1.807) is 0 Å². The Balaban J connectivity index is 4.01. The van der Waals surface area contributed by atoms with E-state index in [0.717, 1.165) is 0 Å². The second-order valence-electron chi connectivity index (χ2n) is 3.22. The molecule has 0 heterocycles. The first-order valence-corrected chi connectivity index (χ1v) is 4.22. The number of amides is 1. The molecule has 82 valence electrons. The van der Waals surface area contributed by atoms with Gasteiger partial charge in [-0.15, -0.1) is 10.1 Å². The fourth-order valence-corrected chi connectivity index (χ4v) is 0.745. The Morgan fingerprint density at radius 1 is 1.64 bits per heavy atom. The molecule has 7 heteroatoms. The highest BCUT2D eigenvalue weighted by molar-refractivity contribution is 5.84. The van der Waals surface area contributed by atoms with Gasteiger partial charge in [-0.25, -0.2) is 0 Å². The lowest BCUT2D eigenvalue weighted by Crippen LogP contribution is -2.45. The highest BCUT2D eigenvalue weighted by Gasteiger charge is 2.31. The van der Waals surface area contributed by atoms with Gasteiger partial charge < -0.3 is 11.1 Å². The Morgan fingerprint density at radius 2 is 2.21 bits per heavy atom. The maximum atomic E-state index is 11.3. The number of carbonyl (C=O) groups excluding carboxylic acids is 1. The van der Waals surface area contributed by atoms with Crippen LogP contribution in [0.15, 0.2) is 0 Å². The van der Waals surface area contributed by atoms with Gasteiger partial charge in [-0.05, 0) is 26.8 Å². The average molecular weight is 205 g/mol. The number of hydrogen-bond donors (Lipinski definition) is 2. The molecule has 0 atom stereocenters. The number of rotatable bonds is 6. The SMILES string of the molecule is CC(C)(O[N+](=O)[O-])C(=O)NCCCN. The van der Waals surface area contributed by atoms with Crippen LogP contribution in [-0.2, 0) is 9.63 Å². The van der Waals surface area contributed by atoms with E-state index in [2.05, 4.69) is 10.2 Å². The average Bonchev–Trinajstić information content (AvgIpc) is 2.02. The van der Waals surface area contributed by atoms with Crippen molar-refractivity contribution in [2.24, 2.45) is 5.73 Å². The molecule has 0 aromatic carbocycles. The first-order chi connectivity index (χ1) is 6.40. The van der Waals surface area contributed by atoms with Crippen LogP contribution in [-0.4, -0.2) is 29.7 Å². The van der Waals surface area contributed by atoms with Gasteiger partial charge in [0.2, 0.25) is 0 Å². The highest BCUT2D eigenvalue weighted by Crippen LogP contribution is 2.08. The van der Waals surface area contributed by atoms with Gasteiger partial charge in [0.25, 0.3) is 11.0 Å². The Hall–Kier alpha value is -1.37. The maximum absolute atomic E-state index is 11.3. The summed E-state index contributed by atoms with van der Waals surface area (Å²) in [7, 11) is 0. The van der Waals surface area contributed by atoms with Crippen molar-refractivity contribution in [3.63, 3.8) is 0 Å². The Labute approximate surface area is 81.7 Å². The minimum Gasteiger partial charge on any atom is -0.354 e. The van der Waals surface area contributed by atoms with Crippen molar-refractivity contribution in [3.05, 3.63) is 10.1 Å². The van der Waals surface area contributed by atoms with Crippen molar-refractivity contribution in [1.29, 1.82) is 0 Å². The number of nitrogens with one attached hydrogen (secondary N) is 1. The number of nitrogens with zero attached hydrogens (tertiary/aromatic N) is 1. The van der Waals surface area contributed by atoms with Crippen molar-refractivity contribution >= 4 is 5.91 Å². The summed E-state index contributed by atoms with van der Waals surface area (Å²) in [4.78, 5) is 25.5. The third-order valence-corrected chi connectivity index (χ3v) is 1.52. The van der Waals surface area contributed by atoms with Crippen molar-refractivity contribution in [2.45, 2.75) is 25.9 Å². The van der Waals surface area contributed by atoms with Crippen molar-refractivity contribution < 1.29 is 14.7 Å². The molecule has 0 aliphatic rings. The van der Waals surface area contributed by atoms with Gasteiger partial charge in [0, 0.05) is 6.54 Å². The molecule has 0 aromatic rings. The fraction of sp³-hybridized carbons (Fsp3) is 0.857. The molecule has 0 unspecified atom stereocenters. The van der Waals surface area contributed by atoms with Gasteiger partial charge >= 0.3 is 0 Å². The summed E-state index contributed by atoms with van der Waals surface area (Å²) in [6.07, 6.45) is 0.625. The van der Waals surface area contributed by atoms with Gasteiger partial charge in [-0.2, -0.15) is 0 Å². The predicted octanol–water partition coefficient (Wildman–Crippen LogP) is -0.562. The van der Waals surface area contributed by atoms with E-state index in [1.165, 1.54) is 13.8 Å². The molecule has 0 aliphatic heterocycles. The van der Waals surface area contributed by atoms with Crippen molar-refractivity contribution in [2.75, 3.05) is 13.1 Å². The summed E-state index contributed by atoms with van der Waals surface area (Å²) in [5.74, 6) is -0.525. The standard InChI is InChI=1S/C7H15N3O4/c1-7(2,14-10(12)13)6(11)9-5-3-4-8/h3-5,8H2,1-2H3,(H,9,11). The van der Waals surface area contributed by atoms with Crippen LogP contribution in [0.5, 0.6) is 0 Å². The van der Waals surface area contributed by atoms with Crippen LogP contribution in [0.1, 0.15) is 20.3 Å². The van der Waals surface area contributed by atoms with Crippen LogP contribution in [0.3, 0.4) is 0 Å². The molecule has 0 bridgehead atoms. The topological polar surface area (TPSA) is 107 Å². The number of nitrogens with two attached hydrogens (primary N) is 1. The molecule has 0 aromatic heterocycles. The van der Waals surface area contributed by atoms with Crippen LogP contribution >= 0.6 is 0 Å². The van der Waals surface area contributed by atoms with Gasteiger partial charge in [0.15, 0.2) is 5.60 Å². The molecule has 3 N–H and O–H groups in total. The minimum absolute atomic E-state index is 0.389. The molecule has 0 saturated carbocycles. The summed E-state index contributed by atoms with van der Waals surface area (Å²) in [6, 6.07) is 0. The normalized spacial score (nSPS) is 10.8. The predicted molar refractivity (Wildman–Crippen MR) is 48.8 cm³/mol. The zero-order valence-electron chi connectivity index (χ0n) is 8.28. The minimum atomic E-state index is -1.46. The fourth-order valence-electron chi connectivity index (χ4n) is 0.745.